The van der Waals surface area contributed by atoms with Crippen LogP contribution >= 0.6 is 11.3 Å². The van der Waals surface area contributed by atoms with Crippen molar-refractivity contribution < 1.29 is 0 Å². The Morgan fingerprint density at radius 3 is 2.74 bits per heavy atom. The average molecular weight is 278 g/mol. The summed E-state index contributed by atoms with van der Waals surface area (Å²) in [5.74, 6) is 1.63. The summed E-state index contributed by atoms with van der Waals surface area (Å²) in [4.78, 5) is 10.9. The highest BCUT2D eigenvalue weighted by Gasteiger charge is 2.03. The Morgan fingerprint density at radius 2 is 2.16 bits per heavy atom. The second kappa shape index (κ2) is 6.33. The van der Waals surface area contributed by atoms with Gasteiger partial charge in [0.2, 0.25) is 0 Å². The van der Waals surface area contributed by atoms with Crippen molar-refractivity contribution in [2.75, 3.05) is 7.05 Å². The first kappa shape index (κ1) is 13.5. The van der Waals surface area contributed by atoms with Crippen molar-refractivity contribution >= 4 is 17.3 Å². The molecule has 0 atom stereocenters. The zero-order valence-electron chi connectivity index (χ0n) is 11.3. The van der Waals surface area contributed by atoms with Crippen LogP contribution in [0.3, 0.4) is 0 Å². The van der Waals surface area contributed by atoms with Gasteiger partial charge < -0.3 is 10.6 Å². The van der Waals surface area contributed by atoms with Gasteiger partial charge in [0.15, 0.2) is 5.96 Å². The third-order valence-corrected chi connectivity index (χ3v) is 3.67. The van der Waals surface area contributed by atoms with Gasteiger partial charge in [0, 0.05) is 23.8 Å². The number of rotatable bonds is 4. The lowest BCUT2D eigenvalue weighted by atomic mass is 10.4. The third kappa shape index (κ3) is 3.78. The predicted octanol–water partition coefficient (Wildman–Crippen LogP) is 1.05. The number of guanidine groups is 1. The monoisotopic (exact) mass is 278 g/mol. The van der Waals surface area contributed by atoms with E-state index in [0.29, 0.717) is 6.54 Å². The number of nitrogens with zero attached hydrogens (tertiary/aromatic N) is 4. The molecular weight excluding hydrogens is 260 g/mol. The number of aryl methyl sites for hydroxylation is 2. The molecule has 0 spiro atoms. The highest BCUT2D eigenvalue weighted by Crippen LogP contribution is 2.14. The molecule has 7 heteroatoms. The van der Waals surface area contributed by atoms with Crippen LogP contribution < -0.4 is 10.6 Å². The van der Waals surface area contributed by atoms with Crippen LogP contribution in [0.2, 0.25) is 0 Å². The highest BCUT2D eigenvalue weighted by molar-refractivity contribution is 7.11. The first-order valence-corrected chi connectivity index (χ1v) is 6.83. The third-order valence-electron chi connectivity index (χ3n) is 2.67. The van der Waals surface area contributed by atoms with E-state index in [-0.39, 0.29) is 0 Å². The summed E-state index contributed by atoms with van der Waals surface area (Å²) < 4.78 is 1.74. The first-order valence-electron chi connectivity index (χ1n) is 6.01. The van der Waals surface area contributed by atoms with Gasteiger partial charge in [-0.3, -0.25) is 9.67 Å². The van der Waals surface area contributed by atoms with Crippen molar-refractivity contribution in [2.24, 2.45) is 12.0 Å². The minimum atomic E-state index is 0.597. The molecule has 0 amide bonds. The van der Waals surface area contributed by atoms with Gasteiger partial charge in [-0.05, 0) is 19.1 Å². The minimum absolute atomic E-state index is 0.597. The summed E-state index contributed by atoms with van der Waals surface area (Å²) in [5.41, 5.74) is 0. The Kier molecular flexibility index (Phi) is 4.51. The molecule has 0 saturated heterocycles. The topological polar surface area (TPSA) is 67.1 Å². The molecular formula is C12H18N6S. The Hall–Kier alpha value is -1.89. The van der Waals surface area contributed by atoms with Crippen molar-refractivity contribution in [3.8, 4) is 0 Å². The molecule has 2 N–H and O–H groups in total. The molecule has 2 aromatic heterocycles. The quantitative estimate of drug-likeness (QED) is 0.648. The van der Waals surface area contributed by atoms with Crippen LogP contribution in [0.5, 0.6) is 0 Å². The standard InChI is InChI=1S/C12H18N6S/c1-9-4-5-10(19-9)6-14-12(13-2)15-7-11-16-8-17-18(11)3/h4-5,8H,6-7H2,1-3H3,(H2,13,14,15). The molecule has 0 unspecified atom stereocenters. The normalized spacial score (nSPS) is 11.6. The SMILES string of the molecule is CN=C(NCc1ccc(C)s1)NCc1ncnn1C. The van der Waals surface area contributed by atoms with Crippen molar-refractivity contribution in [3.05, 3.63) is 34.0 Å². The van der Waals surface area contributed by atoms with E-state index in [2.05, 4.69) is 44.8 Å². The maximum absolute atomic E-state index is 4.18. The van der Waals surface area contributed by atoms with Gasteiger partial charge >= 0.3 is 0 Å². The van der Waals surface area contributed by atoms with Gasteiger partial charge in [-0.25, -0.2) is 4.98 Å². The fourth-order valence-corrected chi connectivity index (χ4v) is 2.44. The lowest BCUT2D eigenvalue weighted by Gasteiger charge is -2.10. The van der Waals surface area contributed by atoms with Gasteiger partial charge in [0.05, 0.1) is 13.1 Å². The molecule has 6 nitrogen and oxygen atoms in total. The van der Waals surface area contributed by atoms with E-state index < -0.39 is 0 Å². The van der Waals surface area contributed by atoms with E-state index in [0.717, 1.165) is 18.3 Å². The number of nitrogens with one attached hydrogen (secondary N) is 2. The molecule has 102 valence electrons. The molecule has 2 heterocycles. The molecule has 0 aliphatic carbocycles. The van der Waals surface area contributed by atoms with E-state index in [1.165, 1.54) is 9.75 Å². The summed E-state index contributed by atoms with van der Waals surface area (Å²) in [6, 6.07) is 4.25. The first-order chi connectivity index (χ1) is 9.19. The predicted molar refractivity (Wildman–Crippen MR) is 77.1 cm³/mol. The second-order valence-corrected chi connectivity index (χ2v) is 5.46. The van der Waals surface area contributed by atoms with Crippen LogP contribution in [-0.4, -0.2) is 27.8 Å². The number of aromatic nitrogens is 3. The van der Waals surface area contributed by atoms with Crippen molar-refractivity contribution in [1.29, 1.82) is 0 Å². The molecule has 0 bridgehead atoms. The van der Waals surface area contributed by atoms with Crippen molar-refractivity contribution in [2.45, 2.75) is 20.0 Å². The van der Waals surface area contributed by atoms with Crippen LogP contribution in [-0.2, 0) is 20.1 Å². The molecule has 0 radical (unpaired) electrons. The van der Waals surface area contributed by atoms with Gasteiger partial charge in [-0.2, -0.15) is 5.10 Å². The number of aliphatic imine (C=N–C) groups is 1. The van der Waals surface area contributed by atoms with E-state index in [4.69, 9.17) is 0 Å². The number of hydrogen-bond donors (Lipinski definition) is 2. The second-order valence-electron chi connectivity index (χ2n) is 4.09. The van der Waals surface area contributed by atoms with Gasteiger partial charge in [-0.1, -0.05) is 0 Å². The van der Waals surface area contributed by atoms with E-state index in [1.54, 1.807) is 29.4 Å². The lowest BCUT2D eigenvalue weighted by molar-refractivity contribution is 0.673. The Balaban J connectivity index is 1.82. The van der Waals surface area contributed by atoms with E-state index >= 15 is 0 Å². The zero-order valence-corrected chi connectivity index (χ0v) is 12.2. The Labute approximate surface area is 116 Å². The summed E-state index contributed by atoms with van der Waals surface area (Å²) in [6.45, 7) is 3.48. The largest absolute Gasteiger partial charge is 0.352 e. The molecule has 2 rings (SSSR count). The molecule has 19 heavy (non-hydrogen) atoms. The fourth-order valence-electron chi connectivity index (χ4n) is 1.61. The fraction of sp³-hybridized carbons (Fsp3) is 0.417. The van der Waals surface area contributed by atoms with Crippen LogP contribution in [0.1, 0.15) is 15.6 Å². The van der Waals surface area contributed by atoms with Gasteiger partial charge in [0.1, 0.15) is 12.2 Å². The van der Waals surface area contributed by atoms with Crippen molar-refractivity contribution in [1.82, 2.24) is 25.4 Å². The van der Waals surface area contributed by atoms with Crippen LogP contribution in [0.25, 0.3) is 0 Å². The number of thiophene rings is 1. The van der Waals surface area contributed by atoms with Crippen LogP contribution in [0.15, 0.2) is 23.5 Å². The van der Waals surface area contributed by atoms with Gasteiger partial charge in [-0.15, -0.1) is 11.3 Å². The summed E-state index contributed by atoms with van der Waals surface area (Å²) in [7, 11) is 3.63. The van der Waals surface area contributed by atoms with Crippen LogP contribution in [0.4, 0.5) is 0 Å². The zero-order chi connectivity index (χ0) is 13.7. The Bertz CT molecular complexity index is 556. The maximum Gasteiger partial charge on any atom is 0.191 e. The highest BCUT2D eigenvalue weighted by atomic mass is 32.1. The Morgan fingerprint density at radius 1 is 1.37 bits per heavy atom. The average Bonchev–Trinajstić information content (AvgIpc) is 2.99. The number of hydrogen-bond acceptors (Lipinski definition) is 4. The van der Waals surface area contributed by atoms with Gasteiger partial charge in [0.25, 0.3) is 0 Å². The molecule has 0 aromatic carbocycles. The summed E-state index contributed by atoms with van der Waals surface area (Å²) >= 11 is 1.79. The minimum Gasteiger partial charge on any atom is -0.352 e. The smallest absolute Gasteiger partial charge is 0.191 e. The maximum atomic E-state index is 4.18. The molecule has 2 aromatic rings. The lowest BCUT2D eigenvalue weighted by Crippen LogP contribution is -2.36. The van der Waals surface area contributed by atoms with Crippen molar-refractivity contribution in [3.63, 3.8) is 0 Å². The van der Waals surface area contributed by atoms with E-state index in [9.17, 15) is 0 Å². The molecule has 0 aliphatic heterocycles. The van der Waals surface area contributed by atoms with E-state index in [1.807, 2.05) is 7.05 Å². The summed E-state index contributed by atoms with van der Waals surface area (Å²) in [6.07, 6.45) is 1.54. The van der Waals surface area contributed by atoms with Crippen LogP contribution in [0, 0.1) is 6.92 Å². The molecule has 0 saturated carbocycles. The molecule has 0 aliphatic rings. The molecule has 0 fully saturated rings. The summed E-state index contributed by atoms with van der Waals surface area (Å²) in [5, 5.41) is 10.5.